The second-order valence-electron chi connectivity index (χ2n) is 4.21. The Kier molecular flexibility index (Phi) is 3.06. The van der Waals surface area contributed by atoms with Crippen LogP contribution >= 0.6 is 0 Å². The number of hydrogen-bond acceptors (Lipinski definition) is 0. The molecule has 1 aliphatic carbocycles. The monoisotopic (exact) mass is 263 g/mol. The van der Waals surface area contributed by atoms with E-state index in [0.717, 1.165) is 5.92 Å². The first-order valence-electron chi connectivity index (χ1n) is 5.30. The molecule has 1 heterocycles. The van der Waals surface area contributed by atoms with Crippen molar-refractivity contribution in [3.8, 4) is 0 Å². The molecule has 78 valence electrons. The molecule has 0 aliphatic heterocycles. The van der Waals surface area contributed by atoms with Gasteiger partial charge in [-0.1, -0.05) is 18.2 Å². The molecule has 1 aliphatic rings. The summed E-state index contributed by atoms with van der Waals surface area (Å²) < 4.78 is 2.32. The van der Waals surface area contributed by atoms with Crippen molar-refractivity contribution in [1.82, 2.24) is 0 Å². The third-order valence-corrected chi connectivity index (χ3v) is 2.91. The lowest BCUT2D eigenvalue weighted by Gasteiger charge is -1.97. The molecule has 0 N–H and O–H groups in total. The van der Waals surface area contributed by atoms with Crippen molar-refractivity contribution < 1.29 is 21.5 Å². The predicted octanol–water partition coefficient (Wildman–Crippen LogP) is -0.459. The SMILES string of the molecule is [Br-].c1ccc2c[n+](CC3CC3)ccc2c1. The topological polar surface area (TPSA) is 3.88 Å². The fourth-order valence-electron chi connectivity index (χ4n) is 1.89. The summed E-state index contributed by atoms with van der Waals surface area (Å²) >= 11 is 0. The van der Waals surface area contributed by atoms with Gasteiger partial charge in [0.1, 0.15) is 0 Å². The maximum Gasteiger partial charge on any atom is 0.176 e. The highest BCUT2D eigenvalue weighted by Crippen LogP contribution is 2.28. The molecule has 1 nitrogen and oxygen atoms in total. The quantitative estimate of drug-likeness (QED) is 0.646. The first-order chi connectivity index (χ1) is 6.92. The number of nitrogens with zero attached hydrogens (tertiary/aromatic N) is 1. The van der Waals surface area contributed by atoms with Gasteiger partial charge in [-0.3, -0.25) is 0 Å². The van der Waals surface area contributed by atoms with Crippen molar-refractivity contribution in [1.29, 1.82) is 0 Å². The van der Waals surface area contributed by atoms with Crippen LogP contribution in [0.4, 0.5) is 0 Å². The third kappa shape index (κ3) is 2.37. The number of fused-ring (bicyclic) bond motifs is 1. The highest BCUT2D eigenvalue weighted by Gasteiger charge is 2.25. The maximum absolute atomic E-state index is 2.32. The van der Waals surface area contributed by atoms with Crippen molar-refractivity contribution in [2.75, 3.05) is 0 Å². The van der Waals surface area contributed by atoms with Gasteiger partial charge in [-0.25, -0.2) is 4.57 Å². The van der Waals surface area contributed by atoms with E-state index >= 15 is 0 Å². The smallest absolute Gasteiger partial charge is 0.176 e. The summed E-state index contributed by atoms with van der Waals surface area (Å²) in [5, 5.41) is 2.68. The minimum Gasteiger partial charge on any atom is -1.00 e. The molecule has 1 saturated carbocycles. The maximum atomic E-state index is 2.32. The molecule has 0 spiro atoms. The van der Waals surface area contributed by atoms with Crippen LogP contribution in [0.1, 0.15) is 12.8 Å². The molecular weight excluding hydrogens is 250 g/mol. The molecule has 3 rings (SSSR count). The molecule has 0 amide bonds. The van der Waals surface area contributed by atoms with Crippen molar-refractivity contribution in [2.24, 2.45) is 5.92 Å². The van der Waals surface area contributed by atoms with E-state index in [1.807, 2.05) is 0 Å². The van der Waals surface area contributed by atoms with Crippen LogP contribution in [0.5, 0.6) is 0 Å². The Morgan fingerprint density at radius 3 is 2.53 bits per heavy atom. The summed E-state index contributed by atoms with van der Waals surface area (Å²) in [6.45, 7) is 1.20. The molecular formula is C13H14BrN. The summed E-state index contributed by atoms with van der Waals surface area (Å²) in [6, 6.07) is 10.7. The van der Waals surface area contributed by atoms with E-state index < -0.39 is 0 Å². The summed E-state index contributed by atoms with van der Waals surface area (Å²) in [6.07, 6.45) is 7.29. The third-order valence-electron chi connectivity index (χ3n) is 2.91. The molecule has 0 bridgehead atoms. The van der Waals surface area contributed by atoms with Gasteiger partial charge in [0.2, 0.25) is 0 Å². The molecule has 0 saturated heterocycles. The first-order valence-corrected chi connectivity index (χ1v) is 5.30. The van der Waals surface area contributed by atoms with Gasteiger partial charge in [0.25, 0.3) is 0 Å². The molecule has 0 unspecified atom stereocenters. The van der Waals surface area contributed by atoms with Crippen LogP contribution in [0, 0.1) is 5.92 Å². The Balaban J connectivity index is 0.000000853. The average molecular weight is 264 g/mol. The summed E-state index contributed by atoms with van der Waals surface area (Å²) in [5.41, 5.74) is 0. The molecule has 2 heteroatoms. The lowest BCUT2D eigenvalue weighted by atomic mass is 10.2. The van der Waals surface area contributed by atoms with Gasteiger partial charge in [0.15, 0.2) is 18.9 Å². The Morgan fingerprint density at radius 2 is 1.80 bits per heavy atom. The zero-order valence-corrected chi connectivity index (χ0v) is 10.2. The molecule has 1 fully saturated rings. The van der Waals surface area contributed by atoms with Gasteiger partial charge < -0.3 is 17.0 Å². The Morgan fingerprint density at radius 1 is 1.07 bits per heavy atom. The van der Waals surface area contributed by atoms with Crippen LogP contribution in [0.2, 0.25) is 0 Å². The van der Waals surface area contributed by atoms with E-state index in [-0.39, 0.29) is 17.0 Å². The molecule has 2 aromatic rings. The molecule has 15 heavy (non-hydrogen) atoms. The van der Waals surface area contributed by atoms with Crippen LogP contribution in [0.3, 0.4) is 0 Å². The standard InChI is InChI=1S/C13H14N.BrH/c1-2-4-13-10-14(9-11-5-6-11)8-7-12(13)3-1;/h1-4,7-8,10-11H,5-6,9H2;1H/q+1;/p-1. The Labute approximate surface area is 101 Å². The van der Waals surface area contributed by atoms with Gasteiger partial charge in [-0.05, 0) is 24.3 Å². The van der Waals surface area contributed by atoms with E-state index in [9.17, 15) is 0 Å². The summed E-state index contributed by atoms with van der Waals surface area (Å²) in [7, 11) is 0. The van der Waals surface area contributed by atoms with Gasteiger partial charge in [0, 0.05) is 17.4 Å². The highest BCUT2D eigenvalue weighted by molar-refractivity contribution is 5.80. The second kappa shape index (κ2) is 4.31. The summed E-state index contributed by atoms with van der Waals surface area (Å²) in [4.78, 5) is 0. The minimum atomic E-state index is 0. The van der Waals surface area contributed by atoms with Gasteiger partial charge in [-0.15, -0.1) is 0 Å². The lowest BCUT2D eigenvalue weighted by Crippen LogP contribution is -3.00. The molecule has 1 aromatic heterocycles. The first kappa shape index (κ1) is 10.6. The summed E-state index contributed by atoms with van der Waals surface area (Å²) in [5.74, 6) is 0.946. The molecule has 0 atom stereocenters. The molecule has 0 radical (unpaired) electrons. The van der Waals surface area contributed by atoms with Crippen molar-refractivity contribution >= 4 is 10.8 Å². The van der Waals surface area contributed by atoms with E-state index in [1.54, 1.807) is 0 Å². The normalized spacial score (nSPS) is 14.9. The number of pyridine rings is 1. The number of aromatic nitrogens is 1. The Bertz CT molecular complexity index is 463. The number of halogens is 1. The van der Waals surface area contributed by atoms with E-state index in [1.165, 1.54) is 30.2 Å². The zero-order chi connectivity index (χ0) is 9.38. The molecule has 1 aromatic carbocycles. The number of hydrogen-bond donors (Lipinski definition) is 0. The fraction of sp³-hybridized carbons (Fsp3) is 0.308. The second-order valence-corrected chi connectivity index (χ2v) is 4.21. The minimum absolute atomic E-state index is 0. The Hall–Kier alpha value is -0.890. The van der Waals surface area contributed by atoms with Crippen molar-refractivity contribution in [2.45, 2.75) is 19.4 Å². The van der Waals surface area contributed by atoms with E-state index in [2.05, 4.69) is 47.3 Å². The lowest BCUT2D eigenvalue weighted by molar-refractivity contribution is -0.698. The van der Waals surface area contributed by atoms with Crippen LogP contribution in [-0.2, 0) is 6.54 Å². The van der Waals surface area contributed by atoms with Crippen LogP contribution in [0.25, 0.3) is 10.8 Å². The van der Waals surface area contributed by atoms with Crippen LogP contribution < -0.4 is 21.5 Å². The van der Waals surface area contributed by atoms with Crippen molar-refractivity contribution in [3.63, 3.8) is 0 Å². The van der Waals surface area contributed by atoms with E-state index in [4.69, 9.17) is 0 Å². The predicted molar refractivity (Wildman–Crippen MR) is 56.9 cm³/mol. The highest BCUT2D eigenvalue weighted by atomic mass is 79.9. The van der Waals surface area contributed by atoms with Crippen LogP contribution in [-0.4, -0.2) is 0 Å². The number of benzene rings is 1. The van der Waals surface area contributed by atoms with Gasteiger partial charge in [0.05, 0.1) is 0 Å². The fourth-order valence-corrected chi connectivity index (χ4v) is 1.89. The number of rotatable bonds is 2. The largest absolute Gasteiger partial charge is 1.00 e. The van der Waals surface area contributed by atoms with Crippen molar-refractivity contribution in [3.05, 3.63) is 42.7 Å². The van der Waals surface area contributed by atoms with Gasteiger partial charge in [-0.2, -0.15) is 0 Å². The van der Waals surface area contributed by atoms with Gasteiger partial charge >= 0.3 is 0 Å². The van der Waals surface area contributed by atoms with E-state index in [0.29, 0.717) is 0 Å². The zero-order valence-electron chi connectivity index (χ0n) is 8.57. The van der Waals surface area contributed by atoms with Crippen LogP contribution in [0.15, 0.2) is 42.7 Å². The average Bonchev–Trinajstić information content (AvgIpc) is 3.02.